The molecular weight excluding hydrogens is 338 g/mol. The van der Waals surface area contributed by atoms with Gasteiger partial charge in [0.05, 0.1) is 20.8 Å². The SMILES string of the molecule is CCOc1cc(C(=O)Cl)c(Cl)cc1I. The van der Waals surface area contributed by atoms with Gasteiger partial charge < -0.3 is 4.74 Å². The van der Waals surface area contributed by atoms with Gasteiger partial charge in [0.2, 0.25) is 0 Å². The Morgan fingerprint density at radius 2 is 2.21 bits per heavy atom. The van der Waals surface area contributed by atoms with Crippen LogP contribution in [0.3, 0.4) is 0 Å². The lowest BCUT2D eigenvalue weighted by Gasteiger charge is -2.07. The van der Waals surface area contributed by atoms with Gasteiger partial charge in [-0.1, -0.05) is 11.6 Å². The lowest BCUT2D eigenvalue weighted by molar-refractivity contribution is 0.108. The molecule has 0 spiro atoms. The molecule has 1 rings (SSSR count). The number of rotatable bonds is 3. The van der Waals surface area contributed by atoms with E-state index in [4.69, 9.17) is 27.9 Å². The maximum absolute atomic E-state index is 11.0. The number of carbonyl (C=O) groups excluding carboxylic acids is 1. The molecule has 2 nitrogen and oxygen atoms in total. The molecule has 0 aliphatic rings. The van der Waals surface area contributed by atoms with Crippen LogP contribution in [0, 0.1) is 3.57 Å². The molecular formula is C9H7Cl2IO2. The highest BCUT2D eigenvalue weighted by Gasteiger charge is 2.12. The second-order valence-electron chi connectivity index (χ2n) is 2.47. The Morgan fingerprint density at radius 3 is 2.71 bits per heavy atom. The number of carbonyl (C=O) groups is 1. The van der Waals surface area contributed by atoms with E-state index in [1.54, 1.807) is 12.1 Å². The molecule has 0 aliphatic heterocycles. The van der Waals surface area contributed by atoms with Crippen LogP contribution >= 0.6 is 45.8 Å². The average Bonchev–Trinajstić information content (AvgIpc) is 2.09. The molecule has 0 atom stereocenters. The van der Waals surface area contributed by atoms with Crippen molar-refractivity contribution in [1.29, 1.82) is 0 Å². The summed E-state index contributed by atoms with van der Waals surface area (Å²) in [4.78, 5) is 11.0. The van der Waals surface area contributed by atoms with E-state index >= 15 is 0 Å². The summed E-state index contributed by atoms with van der Waals surface area (Å²) in [5, 5.41) is -0.231. The molecule has 5 heteroatoms. The van der Waals surface area contributed by atoms with Gasteiger partial charge in [-0.3, -0.25) is 4.79 Å². The van der Waals surface area contributed by atoms with E-state index in [2.05, 4.69) is 22.6 Å². The highest BCUT2D eigenvalue weighted by atomic mass is 127. The van der Waals surface area contributed by atoms with Gasteiger partial charge in [0.1, 0.15) is 5.75 Å². The molecule has 14 heavy (non-hydrogen) atoms. The molecule has 0 fully saturated rings. The first-order valence-corrected chi connectivity index (χ1v) is 5.71. The summed E-state index contributed by atoms with van der Waals surface area (Å²) in [6, 6.07) is 3.21. The van der Waals surface area contributed by atoms with Gasteiger partial charge in [-0.05, 0) is 53.2 Å². The van der Waals surface area contributed by atoms with Gasteiger partial charge in [-0.25, -0.2) is 0 Å². The van der Waals surface area contributed by atoms with Crippen LogP contribution in [0.4, 0.5) is 0 Å². The molecule has 1 aromatic rings. The maximum atomic E-state index is 11.0. The zero-order valence-electron chi connectivity index (χ0n) is 7.31. The van der Waals surface area contributed by atoms with E-state index in [0.717, 1.165) is 3.57 Å². The van der Waals surface area contributed by atoms with Crippen molar-refractivity contribution >= 4 is 51.0 Å². The number of benzene rings is 1. The smallest absolute Gasteiger partial charge is 0.254 e. The van der Waals surface area contributed by atoms with E-state index in [1.165, 1.54) is 0 Å². The summed E-state index contributed by atoms with van der Waals surface area (Å²) in [5.41, 5.74) is 0.275. The molecule has 0 saturated carbocycles. The summed E-state index contributed by atoms with van der Waals surface area (Å²) in [7, 11) is 0. The van der Waals surface area contributed by atoms with Gasteiger partial charge >= 0.3 is 0 Å². The topological polar surface area (TPSA) is 26.3 Å². The minimum Gasteiger partial charge on any atom is -0.493 e. The molecule has 0 bridgehead atoms. The van der Waals surface area contributed by atoms with E-state index in [0.29, 0.717) is 17.4 Å². The normalized spacial score (nSPS) is 10.0. The van der Waals surface area contributed by atoms with Crippen molar-refractivity contribution in [2.45, 2.75) is 6.92 Å². The van der Waals surface area contributed by atoms with Crippen LogP contribution < -0.4 is 4.74 Å². The van der Waals surface area contributed by atoms with Crippen LogP contribution in [-0.2, 0) is 0 Å². The molecule has 0 unspecified atom stereocenters. The number of halogens is 3. The number of hydrogen-bond acceptors (Lipinski definition) is 2. The predicted octanol–water partition coefficient (Wildman–Crippen LogP) is 3.72. The third kappa shape index (κ3) is 2.74. The zero-order chi connectivity index (χ0) is 10.7. The second kappa shape index (κ2) is 5.19. The molecule has 0 heterocycles. The van der Waals surface area contributed by atoms with Crippen molar-refractivity contribution < 1.29 is 9.53 Å². The van der Waals surface area contributed by atoms with Crippen molar-refractivity contribution in [2.24, 2.45) is 0 Å². The first kappa shape index (κ1) is 12.1. The van der Waals surface area contributed by atoms with E-state index in [1.807, 2.05) is 6.92 Å². The fourth-order valence-corrected chi connectivity index (χ4v) is 2.21. The lowest BCUT2D eigenvalue weighted by Crippen LogP contribution is -1.98. The Labute approximate surface area is 106 Å². The first-order chi connectivity index (χ1) is 6.56. The van der Waals surface area contributed by atoms with E-state index in [-0.39, 0.29) is 5.56 Å². The summed E-state index contributed by atoms with van der Waals surface area (Å²) in [6.07, 6.45) is 0. The summed E-state index contributed by atoms with van der Waals surface area (Å²) in [6.45, 7) is 2.40. The minimum absolute atomic E-state index is 0.275. The molecule has 0 aliphatic carbocycles. The number of hydrogen-bond donors (Lipinski definition) is 0. The van der Waals surface area contributed by atoms with Gasteiger partial charge in [0, 0.05) is 0 Å². The van der Waals surface area contributed by atoms with Gasteiger partial charge in [-0.2, -0.15) is 0 Å². The standard InChI is InChI=1S/C9H7Cl2IO2/c1-2-14-8-3-5(9(11)13)6(10)4-7(8)12/h3-4H,2H2,1H3. The minimum atomic E-state index is -0.577. The summed E-state index contributed by atoms with van der Waals surface area (Å²) in [5.74, 6) is 0.626. The van der Waals surface area contributed by atoms with Crippen LogP contribution in [-0.4, -0.2) is 11.8 Å². The first-order valence-electron chi connectivity index (χ1n) is 3.88. The molecule has 0 radical (unpaired) electrons. The largest absolute Gasteiger partial charge is 0.493 e. The third-order valence-corrected chi connectivity index (χ3v) is 2.89. The summed E-state index contributed by atoms with van der Waals surface area (Å²) < 4.78 is 6.16. The van der Waals surface area contributed by atoms with Crippen molar-refractivity contribution in [3.05, 3.63) is 26.3 Å². The highest BCUT2D eigenvalue weighted by Crippen LogP contribution is 2.29. The Hall–Kier alpha value is -0.000000000000000111. The van der Waals surface area contributed by atoms with Crippen molar-refractivity contribution in [3.63, 3.8) is 0 Å². The van der Waals surface area contributed by atoms with Crippen LogP contribution in [0.2, 0.25) is 5.02 Å². The Morgan fingerprint density at radius 1 is 1.57 bits per heavy atom. The highest BCUT2D eigenvalue weighted by molar-refractivity contribution is 14.1. The van der Waals surface area contributed by atoms with Crippen molar-refractivity contribution in [3.8, 4) is 5.75 Å². The van der Waals surface area contributed by atoms with Crippen LogP contribution in [0.25, 0.3) is 0 Å². The maximum Gasteiger partial charge on any atom is 0.254 e. The second-order valence-corrected chi connectivity index (χ2v) is 4.38. The monoisotopic (exact) mass is 344 g/mol. The predicted molar refractivity (Wildman–Crippen MR) is 65.5 cm³/mol. The fraction of sp³-hybridized carbons (Fsp3) is 0.222. The summed E-state index contributed by atoms with van der Waals surface area (Å²) >= 11 is 13.3. The Balaban J connectivity index is 3.20. The van der Waals surface area contributed by atoms with Gasteiger partial charge in [0.25, 0.3) is 5.24 Å². The van der Waals surface area contributed by atoms with Gasteiger partial charge in [0.15, 0.2) is 0 Å². The Kier molecular flexibility index (Phi) is 4.47. The molecule has 0 N–H and O–H groups in total. The van der Waals surface area contributed by atoms with E-state index < -0.39 is 5.24 Å². The lowest BCUT2D eigenvalue weighted by atomic mass is 10.2. The van der Waals surface area contributed by atoms with Crippen LogP contribution in [0.5, 0.6) is 5.75 Å². The molecule has 0 amide bonds. The number of ether oxygens (including phenoxy) is 1. The average molecular weight is 345 g/mol. The van der Waals surface area contributed by atoms with Crippen LogP contribution in [0.1, 0.15) is 17.3 Å². The Bertz CT molecular complexity index is 366. The molecule has 0 saturated heterocycles. The quantitative estimate of drug-likeness (QED) is 0.617. The fourth-order valence-electron chi connectivity index (χ4n) is 0.946. The van der Waals surface area contributed by atoms with E-state index in [9.17, 15) is 4.79 Å². The van der Waals surface area contributed by atoms with Crippen molar-refractivity contribution in [2.75, 3.05) is 6.61 Å². The zero-order valence-corrected chi connectivity index (χ0v) is 11.0. The van der Waals surface area contributed by atoms with Crippen molar-refractivity contribution in [1.82, 2.24) is 0 Å². The van der Waals surface area contributed by atoms with Gasteiger partial charge in [-0.15, -0.1) is 0 Å². The molecule has 1 aromatic carbocycles. The third-order valence-electron chi connectivity index (χ3n) is 1.53. The molecule has 76 valence electrons. The molecule has 0 aromatic heterocycles. The van der Waals surface area contributed by atoms with Crippen LogP contribution in [0.15, 0.2) is 12.1 Å².